The van der Waals surface area contributed by atoms with E-state index in [1.165, 1.54) is 19.5 Å². The minimum Gasteiger partial charge on any atom is -0.467 e. The number of carbonyl (C=O) groups excluding carboxylic acids is 1. The van der Waals surface area contributed by atoms with Crippen LogP contribution in [0.3, 0.4) is 0 Å². The third kappa shape index (κ3) is 9.34. The van der Waals surface area contributed by atoms with E-state index in [0.29, 0.717) is 11.1 Å². The molecule has 2 heterocycles. The van der Waals surface area contributed by atoms with Gasteiger partial charge in [-0.2, -0.15) is 5.26 Å². The van der Waals surface area contributed by atoms with Crippen LogP contribution < -0.4 is 0 Å². The fraction of sp³-hybridized carbons (Fsp3) is 0.250. The van der Waals surface area contributed by atoms with Gasteiger partial charge in [-0.05, 0) is 12.1 Å². The number of pyridine rings is 2. The number of aromatic nitrogens is 2. The molecule has 9 heteroatoms. The van der Waals surface area contributed by atoms with E-state index in [-0.39, 0.29) is 12.4 Å². The van der Waals surface area contributed by atoms with Crippen molar-refractivity contribution in [2.45, 2.75) is 12.2 Å². The second kappa shape index (κ2) is 15.0. The topological polar surface area (TPSA) is 137 Å². The van der Waals surface area contributed by atoms with Gasteiger partial charge >= 0.3 is 5.97 Å². The van der Waals surface area contributed by atoms with E-state index < -0.39 is 18.2 Å². The SMILES string of the molecule is CO.COC(=O)C(O)c1cccnc1.Cl.N#CC(O)c1cccnc1. The predicted molar refractivity (Wildman–Crippen MR) is 91.4 cm³/mol. The predicted octanol–water partition coefficient (Wildman–Crippen LogP) is 0.957. The Hall–Kier alpha value is -2.57. The van der Waals surface area contributed by atoms with Crippen molar-refractivity contribution in [3.8, 4) is 6.07 Å². The van der Waals surface area contributed by atoms with Gasteiger partial charge in [0.05, 0.1) is 13.2 Å². The van der Waals surface area contributed by atoms with Crippen LogP contribution in [0.15, 0.2) is 49.1 Å². The summed E-state index contributed by atoms with van der Waals surface area (Å²) in [4.78, 5) is 18.3. The van der Waals surface area contributed by atoms with Crippen molar-refractivity contribution in [2.75, 3.05) is 14.2 Å². The summed E-state index contributed by atoms with van der Waals surface area (Å²) < 4.78 is 4.35. The molecule has 0 aromatic carbocycles. The Balaban J connectivity index is 0. The van der Waals surface area contributed by atoms with Crippen LogP contribution in [-0.2, 0) is 9.53 Å². The van der Waals surface area contributed by atoms with Gasteiger partial charge in [-0.25, -0.2) is 4.79 Å². The maximum absolute atomic E-state index is 10.8. The number of nitrogens with zero attached hydrogens (tertiary/aromatic N) is 3. The van der Waals surface area contributed by atoms with Gasteiger partial charge in [-0.15, -0.1) is 12.4 Å². The Bertz CT molecular complexity index is 623. The fourth-order valence-corrected chi connectivity index (χ4v) is 1.40. The Kier molecular flexibility index (Phi) is 14.8. The third-order valence-corrected chi connectivity index (χ3v) is 2.55. The number of aliphatic hydroxyl groups is 3. The van der Waals surface area contributed by atoms with Gasteiger partial charge < -0.3 is 20.1 Å². The molecule has 2 aromatic rings. The number of carbonyl (C=O) groups is 1. The molecule has 2 aromatic heterocycles. The first kappa shape index (κ1) is 24.7. The van der Waals surface area contributed by atoms with Gasteiger partial charge in [0, 0.05) is 43.0 Å². The van der Waals surface area contributed by atoms with Crippen molar-refractivity contribution < 1.29 is 24.9 Å². The maximum atomic E-state index is 10.8. The van der Waals surface area contributed by atoms with Crippen molar-refractivity contribution in [2.24, 2.45) is 0 Å². The molecule has 25 heavy (non-hydrogen) atoms. The lowest BCUT2D eigenvalue weighted by Gasteiger charge is -2.06. The molecule has 0 amide bonds. The first-order chi connectivity index (χ1) is 11.6. The van der Waals surface area contributed by atoms with Crippen molar-refractivity contribution in [1.29, 1.82) is 5.26 Å². The molecule has 0 spiro atoms. The summed E-state index contributed by atoms with van der Waals surface area (Å²) >= 11 is 0. The maximum Gasteiger partial charge on any atom is 0.339 e. The zero-order chi connectivity index (χ0) is 18.4. The molecule has 0 fully saturated rings. The molecule has 136 valence electrons. The van der Waals surface area contributed by atoms with E-state index in [9.17, 15) is 9.90 Å². The number of ether oxygens (including phenoxy) is 1. The molecule has 2 unspecified atom stereocenters. The van der Waals surface area contributed by atoms with Crippen molar-refractivity contribution in [3.05, 3.63) is 60.2 Å². The van der Waals surface area contributed by atoms with Crippen LogP contribution in [0.2, 0.25) is 0 Å². The Morgan fingerprint density at radius 1 is 1.12 bits per heavy atom. The van der Waals surface area contributed by atoms with Gasteiger partial charge in [-0.3, -0.25) is 9.97 Å². The van der Waals surface area contributed by atoms with E-state index in [1.54, 1.807) is 42.7 Å². The lowest BCUT2D eigenvalue weighted by Crippen LogP contribution is -2.13. The summed E-state index contributed by atoms with van der Waals surface area (Å²) in [5, 5.41) is 33.5. The smallest absolute Gasteiger partial charge is 0.339 e. The van der Waals surface area contributed by atoms with E-state index >= 15 is 0 Å². The van der Waals surface area contributed by atoms with Gasteiger partial charge in [0.1, 0.15) is 0 Å². The summed E-state index contributed by atoms with van der Waals surface area (Å²) in [6.45, 7) is 0. The largest absolute Gasteiger partial charge is 0.467 e. The second-order valence-corrected chi connectivity index (χ2v) is 4.03. The van der Waals surface area contributed by atoms with Crippen LogP contribution in [0.5, 0.6) is 0 Å². The van der Waals surface area contributed by atoms with Crippen LogP contribution in [-0.4, -0.2) is 45.5 Å². The quantitative estimate of drug-likeness (QED) is 0.537. The molecule has 0 aliphatic carbocycles. The summed E-state index contributed by atoms with van der Waals surface area (Å²) in [5.41, 5.74) is 0.967. The number of methoxy groups -OCH3 is 1. The summed E-state index contributed by atoms with van der Waals surface area (Å²) in [7, 11) is 2.22. The summed E-state index contributed by atoms with van der Waals surface area (Å²) in [6.07, 6.45) is 3.76. The van der Waals surface area contributed by atoms with E-state index in [4.69, 9.17) is 15.5 Å². The zero-order valence-corrected chi connectivity index (χ0v) is 14.5. The zero-order valence-electron chi connectivity index (χ0n) is 13.7. The highest BCUT2D eigenvalue weighted by Crippen LogP contribution is 2.11. The number of rotatable bonds is 3. The third-order valence-electron chi connectivity index (χ3n) is 2.55. The Morgan fingerprint density at radius 3 is 1.96 bits per heavy atom. The monoisotopic (exact) mass is 369 g/mol. The van der Waals surface area contributed by atoms with Gasteiger partial charge in [0.15, 0.2) is 12.2 Å². The van der Waals surface area contributed by atoms with Gasteiger partial charge in [-0.1, -0.05) is 12.1 Å². The van der Waals surface area contributed by atoms with Crippen LogP contribution >= 0.6 is 12.4 Å². The highest BCUT2D eigenvalue weighted by Gasteiger charge is 2.17. The van der Waals surface area contributed by atoms with Crippen LogP contribution in [0.4, 0.5) is 0 Å². The second-order valence-electron chi connectivity index (χ2n) is 4.03. The molecule has 0 radical (unpaired) electrons. The Labute approximate surface area is 151 Å². The molecule has 3 N–H and O–H groups in total. The van der Waals surface area contributed by atoms with Gasteiger partial charge in [0.25, 0.3) is 0 Å². The number of hydrogen-bond donors (Lipinski definition) is 3. The molecule has 0 aliphatic rings. The number of nitriles is 1. The standard InChI is InChI=1S/C8H9NO3.C7H6N2O.CH4O.ClH/c1-12-8(11)7(10)6-3-2-4-9-5-6;8-4-7(10)6-2-1-3-9-5-6;1-2;/h2-5,7,10H,1H3;1-3,5,7,10H;2H,1H3;1H. The fourth-order valence-electron chi connectivity index (χ4n) is 1.40. The van der Waals surface area contributed by atoms with Crippen LogP contribution in [0.1, 0.15) is 23.3 Å². The number of halogens is 1. The molecule has 0 saturated carbocycles. The normalized spacial score (nSPS) is 10.9. The van der Waals surface area contributed by atoms with Crippen LogP contribution in [0.25, 0.3) is 0 Å². The molecule has 0 bridgehead atoms. The van der Waals surface area contributed by atoms with E-state index in [2.05, 4.69) is 14.7 Å². The first-order valence-electron chi connectivity index (χ1n) is 6.68. The summed E-state index contributed by atoms with van der Waals surface area (Å²) in [5.74, 6) is -0.678. The molecular formula is C16H20ClN3O5. The lowest BCUT2D eigenvalue weighted by atomic mass is 10.2. The van der Waals surface area contributed by atoms with E-state index in [0.717, 1.165) is 7.11 Å². The average molecular weight is 370 g/mol. The number of aliphatic hydroxyl groups excluding tert-OH is 3. The highest BCUT2D eigenvalue weighted by atomic mass is 35.5. The van der Waals surface area contributed by atoms with Crippen LogP contribution in [0, 0.1) is 11.3 Å². The van der Waals surface area contributed by atoms with Crippen molar-refractivity contribution >= 4 is 18.4 Å². The number of hydrogen-bond acceptors (Lipinski definition) is 8. The summed E-state index contributed by atoms with van der Waals surface area (Å²) in [6, 6.07) is 8.27. The molecule has 0 aliphatic heterocycles. The Morgan fingerprint density at radius 2 is 1.60 bits per heavy atom. The molecule has 8 nitrogen and oxygen atoms in total. The minimum atomic E-state index is -1.23. The lowest BCUT2D eigenvalue weighted by molar-refractivity contribution is -0.150. The molecule has 2 rings (SSSR count). The molecular weight excluding hydrogens is 350 g/mol. The van der Waals surface area contributed by atoms with Crippen molar-refractivity contribution in [3.63, 3.8) is 0 Å². The molecule has 2 atom stereocenters. The van der Waals surface area contributed by atoms with Crippen molar-refractivity contribution in [1.82, 2.24) is 9.97 Å². The first-order valence-corrected chi connectivity index (χ1v) is 6.68. The minimum absolute atomic E-state index is 0. The molecule has 0 saturated heterocycles. The number of esters is 1. The van der Waals surface area contributed by atoms with Gasteiger partial charge in [0.2, 0.25) is 0 Å². The van der Waals surface area contributed by atoms with E-state index in [1.807, 2.05) is 0 Å². The average Bonchev–Trinajstić information content (AvgIpc) is 2.69. The highest BCUT2D eigenvalue weighted by molar-refractivity contribution is 5.85.